The topological polar surface area (TPSA) is 56.9 Å². The fraction of sp³-hybridized carbons (Fsp3) is 0.167. The van der Waals surface area contributed by atoms with Crippen LogP contribution in [0, 0.1) is 0 Å². The van der Waals surface area contributed by atoms with E-state index in [1.54, 1.807) is 12.1 Å². The zero-order chi connectivity index (χ0) is 17.6. The Morgan fingerprint density at radius 1 is 1.04 bits per heavy atom. The van der Waals surface area contributed by atoms with Crippen molar-refractivity contribution in [3.8, 4) is 0 Å². The van der Waals surface area contributed by atoms with Gasteiger partial charge in [0.25, 0.3) is 5.91 Å². The van der Waals surface area contributed by atoms with Gasteiger partial charge in [0.15, 0.2) is 0 Å². The van der Waals surface area contributed by atoms with Gasteiger partial charge in [0.2, 0.25) is 0 Å². The largest absolute Gasteiger partial charge is 0.416 e. The van der Waals surface area contributed by atoms with Crippen LogP contribution in [0.4, 0.5) is 18.9 Å². The molecule has 128 valence electrons. The number of anilines is 1. The number of nitrogens with one attached hydrogen (secondary N) is 3. The average molecular weight is 345 g/mol. The van der Waals surface area contributed by atoms with E-state index < -0.39 is 17.6 Å². The van der Waals surface area contributed by atoms with E-state index in [0.717, 1.165) is 29.8 Å². The summed E-state index contributed by atoms with van der Waals surface area (Å²) in [5.74, 6) is -0.568. The molecule has 25 heavy (non-hydrogen) atoms. The van der Waals surface area contributed by atoms with Crippen LogP contribution in [0.3, 0.4) is 0 Å². The van der Waals surface area contributed by atoms with E-state index in [2.05, 4.69) is 15.6 Å². The van der Waals surface area contributed by atoms with Crippen LogP contribution in [0.5, 0.6) is 0 Å². The second-order valence-corrected chi connectivity index (χ2v) is 6.00. The third kappa shape index (κ3) is 2.87. The summed E-state index contributed by atoms with van der Waals surface area (Å²) in [6, 6.07) is 8.99. The third-order valence-corrected chi connectivity index (χ3v) is 4.34. The number of aromatic amines is 1. The lowest BCUT2D eigenvalue weighted by molar-refractivity contribution is -0.137. The summed E-state index contributed by atoms with van der Waals surface area (Å²) in [5, 5.41) is 6.36. The summed E-state index contributed by atoms with van der Waals surface area (Å²) < 4.78 is 39.3. The number of H-pyrrole nitrogens is 1. The van der Waals surface area contributed by atoms with Crippen molar-refractivity contribution in [3.63, 3.8) is 0 Å². The molecule has 2 heterocycles. The minimum Gasteiger partial charge on any atom is -0.361 e. The smallest absolute Gasteiger partial charge is 0.361 e. The Morgan fingerprint density at radius 3 is 2.64 bits per heavy atom. The molecule has 1 aromatic heterocycles. The Labute approximate surface area is 141 Å². The Balaban J connectivity index is 1.71. The van der Waals surface area contributed by atoms with Gasteiger partial charge in [-0.05, 0) is 41.5 Å². The summed E-state index contributed by atoms with van der Waals surface area (Å²) in [4.78, 5) is 15.3. The van der Waals surface area contributed by atoms with Crippen molar-refractivity contribution >= 4 is 22.5 Å². The van der Waals surface area contributed by atoms with Gasteiger partial charge in [0, 0.05) is 41.4 Å². The van der Waals surface area contributed by atoms with Crippen molar-refractivity contribution in [2.45, 2.75) is 19.3 Å². The summed E-state index contributed by atoms with van der Waals surface area (Å²) in [6.45, 7) is 1.49. The highest BCUT2D eigenvalue weighted by Gasteiger charge is 2.32. The molecule has 0 saturated heterocycles. The van der Waals surface area contributed by atoms with Crippen molar-refractivity contribution in [1.29, 1.82) is 0 Å². The predicted octanol–water partition coefficient (Wildman–Crippen LogP) is 4.04. The minimum absolute atomic E-state index is 0.00954. The number of fused-ring (bicyclic) bond motifs is 2. The second-order valence-electron chi connectivity index (χ2n) is 6.00. The highest BCUT2D eigenvalue weighted by molar-refractivity contribution is 6.12. The van der Waals surface area contributed by atoms with E-state index in [-0.39, 0.29) is 11.1 Å². The van der Waals surface area contributed by atoms with E-state index in [0.29, 0.717) is 17.6 Å². The van der Waals surface area contributed by atoms with Crippen LogP contribution in [0.15, 0.2) is 42.6 Å². The molecule has 7 heteroatoms. The zero-order valence-corrected chi connectivity index (χ0v) is 13.0. The highest BCUT2D eigenvalue weighted by Crippen LogP contribution is 2.33. The van der Waals surface area contributed by atoms with Crippen LogP contribution in [-0.4, -0.2) is 10.9 Å². The maximum atomic E-state index is 13.1. The van der Waals surface area contributed by atoms with Gasteiger partial charge in [-0.25, -0.2) is 0 Å². The second kappa shape index (κ2) is 5.63. The number of rotatable bonds is 2. The van der Waals surface area contributed by atoms with Gasteiger partial charge in [0.05, 0.1) is 5.56 Å². The first-order valence-electron chi connectivity index (χ1n) is 7.74. The Morgan fingerprint density at radius 2 is 1.84 bits per heavy atom. The lowest BCUT2D eigenvalue weighted by atomic mass is 10.0. The summed E-state index contributed by atoms with van der Waals surface area (Å²) in [7, 11) is 0. The van der Waals surface area contributed by atoms with Gasteiger partial charge in [-0.15, -0.1) is 0 Å². The molecule has 1 aliphatic heterocycles. The molecule has 1 amide bonds. The zero-order valence-electron chi connectivity index (χ0n) is 13.0. The maximum absolute atomic E-state index is 13.1. The first-order chi connectivity index (χ1) is 11.9. The van der Waals surface area contributed by atoms with E-state index in [4.69, 9.17) is 0 Å². The van der Waals surface area contributed by atoms with Crippen molar-refractivity contribution in [3.05, 3.63) is 64.8 Å². The molecule has 4 nitrogen and oxygen atoms in total. The molecule has 3 N–H and O–H groups in total. The molecule has 0 aliphatic carbocycles. The van der Waals surface area contributed by atoms with E-state index in [9.17, 15) is 18.0 Å². The number of benzene rings is 2. The molecular weight excluding hydrogens is 331 g/mol. The molecule has 0 atom stereocenters. The molecule has 4 rings (SSSR count). The molecule has 0 bridgehead atoms. The van der Waals surface area contributed by atoms with Crippen LogP contribution in [0.25, 0.3) is 10.9 Å². The molecule has 0 unspecified atom stereocenters. The highest BCUT2D eigenvalue weighted by atomic mass is 19.4. The van der Waals surface area contributed by atoms with Gasteiger partial charge in [-0.2, -0.15) is 13.2 Å². The van der Waals surface area contributed by atoms with Crippen LogP contribution < -0.4 is 10.6 Å². The number of hydrogen-bond donors (Lipinski definition) is 3. The number of hydrogen-bond acceptors (Lipinski definition) is 2. The lowest BCUT2D eigenvalue weighted by Crippen LogP contribution is -2.14. The van der Waals surface area contributed by atoms with Gasteiger partial charge in [-0.1, -0.05) is 6.07 Å². The number of carbonyl (C=O) groups excluding carboxylic acids is 1. The van der Waals surface area contributed by atoms with Gasteiger partial charge >= 0.3 is 6.18 Å². The number of alkyl halides is 3. The minimum atomic E-state index is -4.52. The Hall–Kier alpha value is -2.80. The monoisotopic (exact) mass is 345 g/mol. The molecule has 2 aromatic carbocycles. The maximum Gasteiger partial charge on any atom is 0.416 e. The average Bonchev–Trinajstić information content (AvgIpc) is 3.21. The van der Waals surface area contributed by atoms with E-state index in [1.807, 2.05) is 12.1 Å². The van der Waals surface area contributed by atoms with Crippen LogP contribution in [0.1, 0.15) is 27.0 Å². The molecular formula is C18H14F3N3O. The number of aromatic nitrogens is 1. The fourth-order valence-electron chi connectivity index (χ4n) is 3.09. The quantitative estimate of drug-likeness (QED) is 0.656. The Bertz CT molecular complexity index is 975. The lowest BCUT2D eigenvalue weighted by Gasteiger charge is -2.12. The third-order valence-electron chi connectivity index (χ3n) is 4.34. The molecule has 0 radical (unpaired) electrons. The first kappa shape index (κ1) is 15.7. The normalized spacial score (nSPS) is 13.9. The predicted molar refractivity (Wildman–Crippen MR) is 88.2 cm³/mol. The first-order valence-corrected chi connectivity index (χ1v) is 7.74. The van der Waals surface area contributed by atoms with Gasteiger partial charge in [-0.3, -0.25) is 4.79 Å². The van der Waals surface area contributed by atoms with E-state index in [1.165, 1.54) is 6.20 Å². The Kier molecular flexibility index (Phi) is 3.54. The standard InChI is InChI=1S/C18H14F3N3O/c19-18(20,21)12-6-15(14-3-4-23-16(14)7-12)17(25)24-13-2-1-10-8-22-9-11(10)5-13/h1-7,22-23H,8-9H2,(H,24,25). The van der Waals surface area contributed by atoms with Gasteiger partial charge in [0.1, 0.15) is 0 Å². The molecule has 0 saturated carbocycles. The summed E-state index contributed by atoms with van der Waals surface area (Å²) in [5.41, 5.74) is 2.21. The van der Waals surface area contributed by atoms with Crippen molar-refractivity contribution in [2.24, 2.45) is 0 Å². The van der Waals surface area contributed by atoms with Crippen LogP contribution in [0.2, 0.25) is 0 Å². The number of amides is 1. The van der Waals surface area contributed by atoms with Crippen molar-refractivity contribution < 1.29 is 18.0 Å². The number of halogens is 3. The number of carbonyl (C=O) groups is 1. The SMILES string of the molecule is O=C(Nc1ccc2c(c1)CNC2)c1cc(C(F)(F)F)cc2[nH]ccc12. The van der Waals surface area contributed by atoms with Crippen molar-refractivity contribution in [1.82, 2.24) is 10.3 Å². The van der Waals surface area contributed by atoms with E-state index >= 15 is 0 Å². The fourth-order valence-corrected chi connectivity index (χ4v) is 3.09. The van der Waals surface area contributed by atoms with Crippen LogP contribution >= 0.6 is 0 Å². The van der Waals surface area contributed by atoms with Crippen molar-refractivity contribution in [2.75, 3.05) is 5.32 Å². The van der Waals surface area contributed by atoms with Crippen LogP contribution in [-0.2, 0) is 19.3 Å². The summed E-state index contributed by atoms with van der Waals surface area (Å²) >= 11 is 0. The molecule has 1 aliphatic rings. The molecule has 0 spiro atoms. The summed E-state index contributed by atoms with van der Waals surface area (Å²) in [6.07, 6.45) is -3.00. The molecule has 0 fully saturated rings. The molecule has 3 aromatic rings. The van der Waals surface area contributed by atoms with Gasteiger partial charge < -0.3 is 15.6 Å².